The fraction of sp³-hybridized carbons (Fsp3) is 0.734. The zero-order chi connectivity index (χ0) is 49.2. The van der Waals surface area contributed by atoms with Gasteiger partial charge < -0.3 is 15.5 Å². The molecule has 0 aromatic rings. The van der Waals surface area contributed by atoms with Crippen LogP contribution in [0.2, 0.25) is 0 Å². The van der Waals surface area contributed by atoms with Gasteiger partial charge in [-0.15, -0.1) is 0 Å². The molecule has 0 aromatic carbocycles. The van der Waals surface area contributed by atoms with Crippen LogP contribution in [0.15, 0.2) is 97.2 Å². The molecule has 1 amide bonds. The smallest absolute Gasteiger partial charge is 0.220 e. The summed E-state index contributed by atoms with van der Waals surface area (Å²) in [7, 11) is 0. The summed E-state index contributed by atoms with van der Waals surface area (Å²) in [5.74, 6) is -0.0995. The van der Waals surface area contributed by atoms with Crippen molar-refractivity contribution in [3.8, 4) is 0 Å². The van der Waals surface area contributed by atoms with E-state index < -0.39 is 12.1 Å². The largest absolute Gasteiger partial charge is 0.394 e. The zero-order valence-corrected chi connectivity index (χ0v) is 45.1. The monoisotopic (exact) mass is 944 g/mol. The maximum Gasteiger partial charge on any atom is 0.220 e. The molecule has 0 aromatic heterocycles. The topological polar surface area (TPSA) is 69.6 Å². The molecule has 0 radical (unpaired) electrons. The van der Waals surface area contributed by atoms with E-state index >= 15 is 0 Å². The number of unbranched alkanes of at least 4 members (excludes halogenated alkanes) is 32. The van der Waals surface area contributed by atoms with E-state index in [0.717, 1.165) is 89.9 Å². The van der Waals surface area contributed by atoms with Gasteiger partial charge in [-0.1, -0.05) is 291 Å². The van der Waals surface area contributed by atoms with Crippen LogP contribution in [0.4, 0.5) is 0 Å². The lowest BCUT2D eigenvalue weighted by atomic mass is 10.0. The molecule has 0 aliphatic carbocycles. The molecule has 0 heterocycles. The number of nitrogens with one attached hydrogen (secondary N) is 1. The van der Waals surface area contributed by atoms with E-state index in [1.54, 1.807) is 6.08 Å². The Hall–Kier alpha value is -2.69. The van der Waals surface area contributed by atoms with Crippen LogP contribution >= 0.6 is 0 Å². The first-order chi connectivity index (χ1) is 33.7. The molecule has 4 nitrogen and oxygen atoms in total. The molecule has 0 bridgehead atoms. The summed E-state index contributed by atoms with van der Waals surface area (Å²) in [5, 5.41) is 23.1. The lowest BCUT2D eigenvalue weighted by Crippen LogP contribution is -2.45. The molecule has 2 unspecified atom stereocenters. The molecule has 0 rings (SSSR count). The van der Waals surface area contributed by atoms with E-state index in [4.69, 9.17) is 0 Å². The van der Waals surface area contributed by atoms with E-state index in [0.29, 0.717) is 6.42 Å². The SMILES string of the molecule is CC/C=C\C/C=C\C/C=C\C/C=C\C/C=C\C/C=C\CCCCCCC(=O)NC(CO)C(O)/C=C/CC/C=C/CCCCCCCCCCCCCCCCCCCCCCCCCCCCC. The maximum atomic E-state index is 12.5. The maximum absolute atomic E-state index is 12.5. The van der Waals surface area contributed by atoms with E-state index in [2.05, 4.69) is 104 Å². The minimum atomic E-state index is -0.882. The van der Waals surface area contributed by atoms with Gasteiger partial charge in [-0.25, -0.2) is 0 Å². The molecule has 3 N–H and O–H groups in total. The minimum absolute atomic E-state index is 0.0995. The highest BCUT2D eigenvalue weighted by molar-refractivity contribution is 5.76. The van der Waals surface area contributed by atoms with Crippen LogP contribution in [0.1, 0.15) is 284 Å². The third kappa shape index (κ3) is 54.3. The second-order valence-corrected chi connectivity index (χ2v) is 19.7. The molecular weight excluding hydrogens is 831 g/mol. The lowest BCUT2D eigenvalue weighted by molar-refractivity contribution is -0.123. The molecule has 2 atom stereocenters. The standard InChI is InChI=1S/C64H113NO3/c1-3-5-7-9-11-13-15-17-19-21-23-25-27-28-29-30-31-32-33-34-35-36-38-39-41-43-45-47-49-51-53-55-57-59-63(67)62(61-66)65-64(68)60-58-56-54-52-50-48-46-44-42-40-37-26-24-22-20-18-16-14-12-10-8-6-4-2/h6,8,12,14,18,20,24,26,40,42,46,48-49,51,57,59,62-63,66-67H,3-5,7,9-11,13,15-17,19,21-23,25,27-39,41,43-45,47,50,52-56,58,60-61H2,1-2H3,(H,65,68)/b8-6-,14-12-,20-18-,26-24-,42-40-,48-46-,51-49+,59-57+. The third-order valence-electron chi connectivity index (χ3n) is 13.1. The van der Waals surface area contributed by atoms with E-state index in [1.165, 1.54) is 173 Å². The molecule has 0 fully saturated rings. The van der Waals surface area contributed by atoms with Crippen molar-refractivity contribution >= 4 is 5.91 Å². The highest BCUT2D eigenvalue weighted by atomic mass is 16.3. The van der Waals surface area contributed by atoms with Gasteiger partial charge in [-0.05, 0) is 83.5 Å². The Morgan fingerprint density at radius 1 is 0.368 bits per heavy atom. The Kier molecular flexibility index (Phi) is 56.3. The number of aliphatic hydroxyl groups is 2. The summed E-state index contributed by atoms with van der Waals surface area (Å²) in [6.07, 6.45) is 87.3. The van der Waals surface area contributed by atoms with Gasteiger partial charge in [0, 0.05) is 6.42 Å². The van der Waals surface area contributed by atoms with Gasteiger partial charge in [0.05, 0.1) is 18.8 Å². The van der Waals surface area contributed by atoms with Crippen molar-refractivity contribution in [2.24, 2.45) is 0 Å². The first-order valence-electron chi connectivity index (χ1n) is 29.5. The zero-order valence-electron chi connectivity index (χ0n) is 45.1. The first kappa shape index (κ1) is 65.3. The van der Waals surface area contributed by atoms with E-state index in [1.807, 2.05) is 6.08 Å². The Morgan fingerprint density at radius 3 is 1.03 bits per heavy atom. The molecule has 4 heteroatoms. The van der Waals surface area contributed by atoms with Gasteiger partial charge in [0.15, 0.2) is 0 Å². The molecule has 0 saturated heterocycles. The Bertz CT molecular complexity index is 1250. The van der Waals surface area contributed by atoms with Crippen molar-refractivity contribution in [3.05, 3.63) is 97.2 Å². The highest BCUT2D eigenvalue weighted by Gasteiger charge is 2.18. The van der Waals surface area contributed by atoms with Crippen LogP contribution < -0.4 is 5.32 Å². The second kappa shape index (κ2) is 58.6. The summed E-state index contributed by atoms with van der Waals surface area (Å²) in [6.45, 7) is 4.19. The minimum Gasteiger partial charge on any atom is -0.394 e. The molecule has 0 spiro atoms. The molecule has 0 aliphatic heterocycles. The molecule has 0 aliphatic rings. The summed E-state index contributed by atoms with van der Waals surface area (Å²) in [4.78, 5) is 12.5. The summed E-state index contributed by atoms with van der Waals surface area (Å²) in [5.41, 5.74) is 0. The van der Waals surface area contributed by atoms with E-state index in [9.17, 15) is 15.0 Å². The van der Waals surface area contributed by atoms with Gasteiger partial charge in [0.25, 0.3) is 0 Å². The Labute approximate surface area is 424 Å². The van der Waals surface area contributed by atoms with Crippen molar-refractivity contribution in [2.75, 3.05) is 6.61 Å². The number of carbonyl (C=O) groups excluding carboxylic acids is 1. The first-order valence-corrected chi connectivity index (χ1v) is 29.5. The lowest BCUT2D eigenvalue weighted by Gasteiger charge is -2.19. The quantitative estimate of drug-likeness (QED) is 0.0420. The van der Waals surface area contributed by atoms with Gasteiger partial charge in [0.1, 0.15) is 0 Å². The van der Waals surface area contributed by atoms with Crippen LogP contribution in [-0.2, 0) is 4.79 Å². The molecular formula is C64H113NO3. The van der Waals surface area contributed by atoms with Crippen LogP contribution in [0.5, 0.6) is 0 Å². The van der Waals surface area contributed by atoms with Crippen LogP contribution in [0.3, 0.4) is 0 Å². The third-order valence-corrected chi connectivity index (χ3v) is 13.1. The van der Waals surface area contributed by atoms with Crippen LogP contribution in [-0.4, -0.2) is 34.9 Å². The second-order valence-electron chi connectivity index (χ2n) is 19.7. The highest BCUT2D eigenvalue weighted by Crippen LogP contribution is 2.17. The Morgan fingerprint density at radius 2 is 0.662 bits per heavy atom. The number of aliphatic hydroxyl groups excluding tert-OH is 2. The summed E-state index contributed by atoms with van der Waals surface area (Å²) in [6, 6.07) is -0.661. The predicted molar refractivity (Wildman–Crippen MR) is 303 cm³/mol. The average Bonchev–Trinajstić information content (AvgIpc) is 3.34. The molecule has 392 valence electrons. The molecule has 68 heavy (non-hydrogen) atoms. The van der Waals surface area contributed by atoms with Gasteiger partial charge in [-0.3, -0.25) is 4.79 Å². The summed E-state index contributed by atoms with van der Waals surface area (Å²) < 4.78 is 0. The number of hydrogen-bond acceptors (Lipinski definition) is 3. The number of carbonyl (C=O) groups is 1. The van der Waals surface area contributed by atoms with Crippen molar-refractivity contribution in [2.45, 2.75) is 296 Å². The van der Waals surface area contributed by atoms with Crippen molar-refractivity contribution in [1.82, 2.24) is 5.32 Å². The number of rotatable bonds is 53. The van der Waals surface area contributed by atoms with Gasteiger partial charge in [0.2, 0.25) is 5.91 Å². The fourth-order valence-corrected chi connectivity index (χ4v) is 8.61. The van der Waals surface area contributed by atoms with Crippen molar-refractivity contribution in [3.63, 3.8) is 0 Å². The average molecular weight is 945 g/mol. The van der Waals surface area contributed by atoms with Gasteiger partial charge in [-0.2, -0.15) is 0 Å². The number of allylic oxidation sites excluding steroid dienone is 15. The predicted octanol–water partition coefficient (Wildman–Crippen LogP) is 19.7. The summed E-state index contributed by atoms with van der Waals surface area (Å²) >= 11 is 0. The molecule has 0 saturated carbocycles. The van der Waals surface area contributed by atoms with Crippen molar-refractivity contribution < 1.29 is 15.0 Å². The Balaban J connectivity index is 3.57. The van der Waals surface area contributed by atoms with Crippen molar-refractivity contribution in [1.29, 1.82) is 0 Å². The van der Waals surface area contributed by atoms with E-state index in [-0.39, 0.29) is 12.5 Å². The number of amides is 1. The van der Waals surface area contributed by atoms with Gasteiger partial charge >= 0.3 is 0 Å². The normalized spacial score (nSPS) is 13.5. The number of hydrogen-bond donors (Lipinski definition) is 3. The van der Waals surface area contributed by atoms with Crippen LogP contribution in [0.25, 0.3) is 0 Å². The van der Waals surface area contributed by atoms with Crippen LogP contribution in [0, 0.1) is 0 Å². The fourth-order valence-electron chi connectivity index (χ4n) is 8.61.